The van der Waals surface area contributed by atoms with E-state index in [-0.39, 0.29) is 0 Å². The number of aromatic nitrogens is 3. The van der Waals surface area contributed by atoms with Crippen LogP contribution in [0.3, 0.4) is 0 Å². The Balaban J connectivity index is 1.96. The molecule has 3 rings (SSSR count). The predicted octanol–water partition coefficient (Wildman–Crippen LogP) is 2.06. The maximum absolute atomic E-state index is 5.45. The lowest BCUT2D eigenvalue weighted by atomic mass is 10.2. The highest BCUT2D eigenvalue weighted by atomic mass is 32.1. The first kappa shape index (κ1) is 11.2. The molecule has 0 unspecified atom stereocenters. The Morgan fingerprint density at radius 2 is 2.33 bits per heavy atom. The number of hydrogen-bond donors (Lipinski definition) is 3. The molecule has 0 aliphatic rings. The van der Waals surface area contributed by atoms with Gasteiger partial charge in [0.1, 0.15) is 5.01 Å². The minimum absolute atomic E-state index is 0.585. The molecule has 1 aromatic carbocycles. The van der Waals surface area contributed by atoms with Crippen molar-refractivity contribution in [1.29, 1.82) is 0 Å². The summed E-state index contributed by atoms with van der Waals surface area (Å²) < 4.78 is 0. The van der Waals surface area contributed by atoms with E-state index in [9.17, 15) is 0 Å². The van der Waals surface area contributed by atoms with Crippen LogP contribution >= 0.6 is 11.3 Å². The Labute approximate surface area is 108 Å². The lowest BCUT2D eigenvalue weighted by Crippen LogP contribution is -2.13. The van der Waals surface area contributed by atoms with E-state index in [1.807, 2.05) is 23.7 Å². The Morgan fingerprint density at radius 1 is 1.39 bits per heavy atom. The van der Waals surface area contributed by atoms with Gasteiger partial charge >= 0.3 is 0 Å². The zero-order valence-corrected chi connectivity index (χ0v) is 10.5. The molecule has 0 amide bonds. The van der Waals surface area contributed by atoms with Crippen molar-refractivity contribution >= 4 is 28.3 Å². The van der Waals surface area contributed by atoms with E-state index in [4.69, 9.17) is 5.73 Å². The van der Waals surface area contributed by atoms with Crippen LogP contribution in [0.15, 0.2) is 29.8 Å². The van der Waals surface area contributed by atoms with Crippen molar-refractivity contribution in [3.63, 3.8) is 0 Å². The maximum atomic E-state index is 5.45. The molecule has 5 nitrogen and oxygen atoms in total. The number of nitrogens with two attached hydrogens (primary N) is 1. The molecule has 0 radical (unpaired) electrons. The summed E-state index contributed by atoms with van der Waals surface area (Å²) in [5.41, 5.74) is 8.49. The third-order valence-electron chi connectivity index (χ3n) is 2.60. The van der Waals surface area contributed by atoms with Gasteiger partial charge in [-0.05, 0) is 18.2 Å². The molecule has 3 aromatic rings. The van der Waals surface area contributed by atoms with Crippen LogP contribution in [-0.2, 0) is 0 Å². The molecule has 0 aliphatic carbocycles. The molecule has 4 N–H and O–H groups in total. The first-order valence-electron chi connectivity index (χ1n) is 5.70. The van der Waals surface area contributed by atoms with Crippen LogP contribution in [-0.4, -0.2) is 28.0 Å². The van der Waals surface area contributed by atoms with Gasteiger partial charge in [-0.25, -0.2) is 9.97 Å². The fraction of sp³-hybridized carbons (Fsp3) is 0.167. The quantitative estimate of drug-likeness (QED) is 0.670. The average Bonchev–Trinajstić information content (AvgIpc) is 3.03. The molecule has 0 atom stereocenters. The molecule has 18 heavy (non-hydrogen) atoms. The summed E-state index contributed by atoms with van der Waals surface area (Å²) in [6, 6.07) is 6.10. The second kappa shape index (κ2) is 4.75. The molecule has 0 spiro atoms. The molecule has 6 heteroatoms. The second-order valence-corrected chi connectivity index (χ2v) is 4.76. The largest absolute Gasteiger partial charge is 0.355 e. The lowest BCUT2D eigenvalue weighted by Gasteiger charge is -1.97. The maximum Gasteiger partial charge on any atom is 0.201 e. The summed E-state index contributed by atoms with van der Waals surface area (Å²) in [5, 5.41) is 6.12. The molecule has 0 aliphatic heterocycles. The number of imidazole rings is 1. The number of aromatic amines is 1. The highest BCUT2D eigenvalue weighted by molar-refractivity contribution is 7.13. The number of nitrogens with zero attached hydrogens (tertiary/aromatic N) is 2. The van der Waals surface area contributed by atoms with Gasteiger partial charge in [-0.3, -0.25) is 0 Å². The van der Waals surface area contributed by atoms with Gasteiger partial charge in [-0.1, -0.05) is 0 Å². The number of anilines is 1. The van der Waals surface area contributed by atoms with Crippen molar-refractivity contribution in [2.75, 3.05) is 18.4 Å². The smallest absolute Gasteiger partial charge is 0.201 e. The number of hydrogen-bond acceptors (Lipinski definition) is 5. The van der Waals surface area contributed by atoms with Gasteiger partial charge in [0.15, 0.2) is 0 Å². The van der Waals surface area contributed by atoms with Gasteiger partial charge < -0.3 is 16.0 Å². The third kappa shape index (κ3) is 2.07. The van der Waals surface area contributed by atoms with Crippen LogP contribution in [0.2, 0.25) is 0 Å². The molecule has 0 bridgehead atoms. The third-order valence-corrected chi connectivity index (χ3v) is 3.42. The van der Waals surface area contributed by atoms with E-state index >= 15 is 0 Å². The van der Waals surface area contributed by atoms with Gasteiger partial charge in [-0.15, -0.1) is 11.3 Å². The van der Waals surface area contributed by atoms with E-state index in [1.165, 1.54) is 0 Å². The van der Waals surface area contributed by atoms with E-state index in [0.717, 1.165) is 27.6 Å². The summed E-state index contributed by atoms with van der Waals surface area (Å²) in [6.45, 7) is 1.29. The molecule has 2 heterocycles. The average molecular weight is 259 g/mol. The van der Waals surface area contributed by atoms with Crippen molar-refractivity contribution < 1.29 is 0 Å². The van der Waals surface area contributed by atoms with Crippen LogP contribution in [0.25, 0.3) is 21.6 Å². The molecule has 0 saturated carbocycles. The number of fused-ring (bicyclic) bond motifs is 1. The number of thiazole rings is 1. The van der Waals surface area contributed by atoms with E-state index in [0.29, 0.717) is 13.1 Å². The first-order valence-corrected chi connectivity index (χ1v) is 6.58. The normalized spacial score (nSPS) is 10.9. The van der Waals surface area contributed by atoms with Crippen molar-refractivity contribution in [3.05, 3.63) is 29.8 Å². The minimum Gasteiger partial charge on any atom is -0.355 e. The van der Waals surface area contributed by atoms with Gasteiger partial charge in [0.25, 0.3) is 0 Å². The number of H-pyrrole nitrogens is 1. The second-order valence-electron chi connectivity index (χ2n) is 3.87. The van der Waals surface area contributed by atoms with Gasteiger partial charge in [0.05, 0.1) is 11.0 Å². The first-order chi connectivity index (χ1) is 8.86. The van der Waals surface area contributed by atoms with Crippen molar-refractivity contribution in [3.8, 4) is 10.6 Å². The Morgan fingerprint density at radius 3 is 3.11 bits per heavy atom. The number of rotatable bonds is 4. The Kier molecular flexibility index (Phi) is 2.95. The summed E-state index contributed by atoms with van der Waals surface area (Å²) >= 11 is 1.63. The van der Waals surface area contributed by atoms with Gasteiger partial charge in [-0.2, -0.15) is 0 Å². The monoisotopic (exact) mass is 259 g/mol. The highest BCUT2D eigenvalue weighted by Gasteiger charge is 2.05. The van der Waals surface area contributed by atoms with Crippen LogP contribution in [0, 0.1) is 0 Å². The van der Waals surface area contributed by atoms with Crippen molar-refractivity contribution in [1.82, 2.24) is 15.0 Å². The zero-order valence-electron chi connectivity index (χ0n) is 9.68. The molecule has 0 saturated heterocycles. The highest BCUT2D eigenvalue weighted by Crippen LogP contribution is 2.25. The van der Waals surface area contributed by atoms with Crippen molar-refractivity contribution in [2.45, 2.75) is 0 Å². The predicted molar refractivity (Wildman–Crippen MR) is 74.7 cm³/mol. The number of nitrogens with one attached hydrogen (secondary N) is 2. The molecule has 0 fully saturated rings. The fourth-order valence-corrected chi connectivity index (χ4v) is 2.42. The SMILES string of the molecule is NCCNc1nc2ccc(-c3nccs3)cc2[nH]1. The topological polar surface area (TPSA) is 79.6 Å². The number of benzene rings is 1. The Bertz CT molecular complexity index is 644. The lowest BCUT2D eigenvalue weighted by molar-refractivity contribution is 1.00. The summed E-state index contributed by atoms with van der Waals surface area (Å²) in [4.78, 5) is 12.0. The summed E-state index contributed by atoms with van der Waals surface area (Å²) in [5.74, 6) is 0.756. The molecular formula is C12H13N5S. The summed E-state index contributed by atoms with van der Waals surface area (Å²) in [7, 11) is 0. The van der Waals surface area contributed by atoms with Crippen LogP contribution in [0.5, 0.6) is 0 Å². The van der Waals surface area contributed by atoms with Gasteiger partial charge in [0, 0.05) is 30.2 Å². The van der Waals surface area contributed by atoms with Crippen LogP contribution in [0.4, 0.5) is 5.95 Å². The van der Waals surface area contributed by atoms with E-state index < -0.39 is 0 Å². The molecular weight excluding hydrogens is 246 g/mol. The zero-order chi connectivity index (χ0) is 12.4. The fourth-order valence-electron chi connectivity index (χ4n) is 1.78. The Hall–Kier alpha value is -1.92. The standard InChI is InChI=1S/C12H13N5S/c13-3-4-15-12-16-9-2-1-8(7-10(9)17-12)11-14-5-6-18-11/h1-2,5-7H,3-4,13H2,(H2,15,16,17). The van der Waals surface area contributed by atoms with Crippen LogP contribution < -0.4 is 11.1 Å². The van der Waals surface area contributed by atoms with E-state index in [1.54, 1.807) is 11.3 Å². The van der Waals surface area contributed by atoms with E-state index in [2.05, 4.69) is 26.3 Å². The van der Waals surface area contributed by atoms with Crippen LogP contribution in [0.1, 0.15) is 0 Å². The van der Waals surface area contributed by atoms with Gasteiger partial charge in [0.2, 0.25) is 5.95 Å². The van der Waals surface area contributed by atoms with Crippen molar-refractivity contribution in [2.24, 2.45) is 5.73 Å². The molecule has 92 valence electrons. The summed E-state index contributed by atoms with van der Waals surface area (Å²) in [6.07, 6.45) is 1.81. The molecule has 2 aromatic heterocycles. The minimum atomic E-state index is 0.585.